The van der Waals surface area contributed by atoms with Crippen molar-refractivity contribution in [1.82, 2.24) is 5.32 Å². The van der Waals surface area contributed by atoms with E-state index < -0.39 is 0 Å². The summed E-state index contributed by atoms with van der Waals surface area (Å²) < 4.78 is 0. The van der Waals surface area contributed by atoms with Crippen LogP contribution in [0.15, 0.2) is 17.5 Å². The van der Waals surface area contributed by atoms with Crippen LogP contribution in [0.2, 0.25) is 0 Å². The van der Waals surface area contributed by atoms with Gasteiger partial charge >= 0.3 is 0 Å². The highest BCUT2D eigenvalue weighted by molar-refractivity contribution is 7.09. The van der Waals surface area contributed by atoms with E-state index >= 15 is 0 Å². The zero-order valence-electron chi connectivity index (χ0n) is 8.71. The molecule has 1 heterocycles. The first-order chi connectivity index (χ1) is 6.18. The van der Waals surface area contributed by atoms with Crippen LogP contribution in [-0.4, -0.2) is 6.04 Å². The fourth-order valence-electron chi connectivity index (χ4n) is 1.48. The van der Waals surface area contributed by atoms with Gasteiger partial charge in [-0.1, -0.05) is 19.9 Å². The number of thiophene rings is 1. The molecule has 0 aliphatic heterocycles. The van der Waals surface area contributed by atoms with Crippen molar-refractivity contribution in [1.29, 1.82) is 0 Å². The number of nitrogens with one attached hydrogen (secondary N) is 1. The van der Waals surface area contributed by atoms with Crippen LogP contribution in [0.25, 0.3) is 0 Å². The Labute approximate surface area is 85.2 Å². The molecule has 0 aliphatic carbocycles. The van der Waals surface area contributed by atoms with Gasteiger partial charge in [0.25, 0.3) is 0 Å². The second-order valence-electron chi connectivity index (χ2n) is 3.99. The smallest absolute Gasteiger partial charge is 0.0302 e. The summed E-state index contributed by atoms with van der Waals surface area (Å²) in [5.41, 5.74) is 0. The summed E-state index contributed by atoms with van der Waals surface area (Å²) in [5, 5.41) is 5.66. The van der Waals surface area contributed by atoms with Gasteiger partial charge < -0.3 is 5.32 Å². The first-order valence-electron chi connectivity index (χ1n) is 4.94. The lowest BCUT2D eigenvalue weighted by atomic mass is 10.1. The summed E-state index contributed by atoms with van der Waals surface area (Å²) in [6.07, 6.45) is 1.26. The van der Waals surface area contributed by atoms with Crippen molar-refractivity contribution in [2.45, 2.75) is 39.8 Å². The van der Waals surface area contributed by atoms with Crippen molar-refractivity contribution in [2.24, 2.45) is 5.92 Å². The van der Waals surface area contributed by atoms with Crippen molar-refractivity contribution in [3.8, 4) is 0 Å². The largest absolute Gasteiger partial charge is 0.309 e. The van der Waals surface area contributed by atoms with E-state index in [-0.39, 0.29) is 0 Å². The van der Waals surface area contributed by atoms with E-state index in [1.54, 1.807) is 0 Å². The van der Waals surface area contributed by atoms with Gasteiger partial charge in [-0.05, 0) is 30.7 Å². The maximum atomic E-state index is 3.53. The Morgan fingerprint density at radius 3 is 2.69 bits per heavy atom. The quantitative estimate of drug-likeness (QED) is 0.764. The molecule has 0 amide bonds. The molecule has 1 aromatic rings. The van der Waals surface area contributed by atoms with Crippen molar-refractivity contribution >= 4 is 11.3 Å². The molecule has 2 heteroatoms. The van der Waals surface area contributed by atoms with E-state index in [1.165, 1.54) is 11.3 Å². The minimum Gasteiger partial charge on any atom is -0.309 e. The van der Waals surface area contributed by atoms with Gasteiger partial charge in [-0.15, -0.1) is 11.3 Å². The lowest BCUT2D eigenvalue weighted by Gasteiger charge is -2.14. The summed E-state index contributed by atoms with van der Waals surface area (Å²) in [7, 11) is 0. The molecule has 1 atom stereocenters. The van der Waals surface area contributed by atoms with E-state index in [0.717, 1.165) is 12.5 Å². The van der Waals surface area contributed by atoms with Crippen molar-refractivity contribution in [3.05, 3.63) is 22.4 Å². The van der Waals surface area contributed by atoms with E-state index in [4.69, 9.17) is 0 Å². The van der Waals surface area contributed by atoms with Gasteiger partial charge in [-0.2, -0.15) is 0 Å². The van der Waals surface area contributed by atoms with Gasteiger partial charge in [0.15, 0.2) is 0 Å². The van der Waals surface area contributed by atoms with Crippen molar-refractivity contribution in [3.63, 3.8) is 0 Å². The zero-order chi connectivity index (χ0) is 9.68. The second-order valence-corrected chi connectivity index (χ2v) is 5.02. The van der Waals surface area contributed by atoms with E-state index in [2.05, 4.69) is 43.6 Å². The molecule has 0 spiro atoms. The SMILES string of the molecule is CC(C)C[C@H](C)NCc1cccs1. The zero-order valence-corrected chi connectivity index (χ0v) is 9.53. The predicted octanol–water partition coefficient (Wildman–Crippen LogP) is 3.27. The van der Waals surface area contributed by atoms with Crippen LogP contribution < -0.4 is 5.32 Å². The molecule has 1 nitrogen and oxygen atoms in total. The van der Waals surface area contributed by atoms with Crippen LogP contribution in [0.1, 0.15) is 32.1 Å². The maximum Gasteiger partial charge on any atom is 0.0302 e. The Balaban J connectivity index is 2.19. The normalized spacial score (nSPS) is 13.5. The lowest BCUT2D eigenvalue weighted by molar-refractivity contribution is 0.443. The average Bonchev–Trinajstić information content (AvgIpc) is 2.51. The molecule has 1 N–H and O–H groups in total. The highest BCUT2D eigenvalue weighted by Gasteiger charge is 2.03. The molecule has 0 saturated heterocycles. The molecular weight excluding hydrogens is 178 g/mol. The van der Waals surface area contributed by atoms with Crippen LogP contribution in [0.4, 0.5) is 0 Å². The molecule has 74 valence electrons. The summed E-state index contributed by atoms with van der Waals surface area (Å²) in [5.74, 6) is 0.783. The Bertz CT molecular complexity index is 216. The number of hydrogen-bond acceptors (Lipinski definition) is 2. The third-order valence-electron chi connectivity index (χ3n) is 2.03. The molecule has 13 heavy (non-hydrogen) atoms. The van der Waals surface area contributed by atoms with Gasteiger partial charge in [0.05, 0.1) is 0 Å². The van der Waals surface area contributed by atoms with Crippen LogP contribution in [-0.2, 0) is 6.54 Å². The Morgan fingerprint density at radius 2 is 2.15 bits per heavy atom. The number of rotatable bonds is 5. The Morgan fingerprint density at radius 1 is 1.38 bits per heavy atom. The molecular formula is C11H19NS. The summed E-state index contributed by atoms with van der Waals surface area (Å²) in [6.45, 7) is 7.81. The van der Waals surface area contributed by atoms with E-state index in [9.17, 15) is 0 Å². The third kappa shape index (κ3) is 4.44. The summed E-state index contributed by atoms with van der Waals surface area (Å²) >= 11 is 1.82. The number of hydrogen-bond donors (Lipinski definition) is 1. The minimum absolute atomic E-state index is 0.627. The molecule has 0 fully saturated rings. The fourth-order valence-corrected chi connectivity index (χ4v) is 2.13. The van der Waals surface area contributed by atoms with Crippen LogP contribution in [0.3, 0.4) is 0 Å². The van der Waals surface area contributed by atoms with Gasteiger partial charge in [0, 0.05) is 17.5 Å². The van der Waals surface area contributed by atoms with E-state index in [1.807, 2.05) is 11.3 Å². The molecule has 0 bridgehead atoms. The second kappa shape index (κ2) is 5.40. The maximum absolute atomic E-state index is 3.53. The van der Waals surface area contributed by atoms with Gasteiger partial charge in [0.1, 0.15) is 0 Å². The Kier molecular flexibility index (Phi) is 4.46. The van der Waals surface area contributed by atoms with Gasteiger partial charge in [-0.3, -0.25) is 0 Å². The first-order valence-corrected chi connectivity index (χ1v) is 5.82. The predicted molar refractivity (Wildman–Crippen MR) is 60.1 cm³/mol. The van der Waals surface area contributed by atoms with Crippen LogP contribution >= 0.6 is 11.3 Å². The van der Waals surface area contributed by atoms with E-state index in [0.29, 0.717) is 6.04 Å². The molecule has 0 saturated carbocycles. The van der Waals surface area contributed by atoms with Gasteiger partial charge in [-0.25, -0.2) is 0 Å². The monoisotopic (exact) mass is 197 g/mol. The molecule has 0 aromatic carbocycles. The van der Waals surface area contributed by atoms with Crippen molar-refractivity contribution < 1.29 is 0 Å². The highest BCUT2D eigenvalue weighted by Crippen LogP contribution is 2.09. The first kappa shape index (κ1) is 10.7. The average molecular weight is 197 g/mol. The fraction of sp³-hybridized carbons (Fsp3) is 0.636. The van der Waals surface area contributed by atoms with Crippen LogP contribution in [0, 0.1) is 5.92 Å². The Hall–Kier alpha value is -0.340. The summed E-state index contributed by atoms with van der Waals surface area (Å²) in [6, 6.07) is 4.91. The summed E-state index contributed by atoms with van der Waals surface area (Å²) in [4.78, 5) is 1.43. The molecule has 0 aliphatic rings. The molecule has 1 rings (SSSR count). The third-order valence-corrected chi connectivity index (χ3v) is 2.91. The molecule has 0 unspecified atom stereocenters. The highest BCUT2D eigenvalue weighted by atomic mass is 32.1. The lowest BCUT2D eigenvalue weighted by Crippen LogP contribution is -2.26. The minimum atomic E-state index is 0.627. The van der Waals surface area contributed by atoms with Crippen LogP contribution in [0.5, 0.6) is 0 Å². The molecule has 1 aromatic heterocycles. The van der Waals surface area contributed by atoms with Gasteiger partial charge in [0.2, 0.25) is 0 Å². The van der Waals surface area contributed by atoms with Crippen molar-refractivity contribution in [2.75, 3.05) is 0 Å². The standard InChI is InChI=1S/C11H19NS/c1-9(2)7-10(3)12-8-11-5-4-6-13-11/h4-6,9-10,12H,7-8H2,1-3H3/t10-/m0/s1. The molecule has 0 radical (unpaired) electrons. The topological polar surface area (TPSA) is 12.0 Å².